The number of rotatable bonds is 5. The van der Waals surface area contributed by atoms with Gasteiger partial charge in [-0.15, -0.1) is 0 Å². The summed E-state index contributed by atoms with van der Waals surface area (Å²) >= 11 is 0. The fourth-order valence-corrected chi connectivity index (χ4v) is 4.85. The lowest BCUT2D eigenvalue weighted by molar-refractivity contribution is 0.254. The van der Waals surface area contributed by atoms with Crippen LogP contribution in [0.25, 0.3) is 0 Å². The molecule has 0 saturated heterocycles. The first-order valence-electron chi connectivity index (χ1n) is 10.2. The molecule has 0 aromatic heterocycles. The number of hydrogen-bond acceptors (Lipinski definition) is 2. The molecular weight excluding hydrogens is 320 g/mol. The van der Waals surface area contributed by atoms with Gasteiger partial charge in [-0.2, -0.15) is 0 Å². The van der Waals surface area contributed by atoms with Crippen LogP contribution in [0, 0.1) is 0 Å². The Morgan fingerprint density at radius 1 is 0.769 bits per heavy atom. The Kier molecular flexibility index (Phi) is 4.69. The molecule has 0 amide bonds. The number of ether oxygens (including phenoxy) is 2. The number of hydrogen-bond donors (Lipinski definition) is 0. The van der Waals surface area contributed by atoms with E-state index in [9.17, 15) is 0 Å². The molecule has 2 heterocycles. The van der Waals surface area contributed by atoms with E-state index < -0.39 is 0 Å². The van der Waals surface area contributed by atoms with Crippen molar-refractivity contribution in [1.29, 1.82) is 0 Å². The summed E-state index contributed by atoms with van der Waals surface area (Å²) in [5.74, 6) is 3.23. The second kappa shape index (κ2) is 6.98. The van der Waals surface area contributed by atoms with E-state index in [0.29, 0.717) is 24.0 Å². The molecular formula is C24H30O2. The molecule has 2 aliphatic heterocycles. The Morgan fingerprint density at radius 2 is 1.19 bits per heavy atom. The van der Waals surface area contributed by atoms with Crippen LogP contribution in [-0.4, -0.2) is 12.2 Å². The van der Waals surface area contributed by atoms with Gasteiger partial charge in [-0.25, -0.2) is 0 Å². The Morgan fingerprint density at radius 3 is 1.58 bits per heavy atom. The van der Waals surface area contributed by atoms with Gasteiger partial charge in [0.15, 0.2) is 0 Å². The molecule has 0 aliphatic carbocycles. The van der Waals surface area contributed by atoms with Gasteiger partial charge >= 0.3 is 0 Å². The molecule has 0 N–H and O–H groups in total. The summed E-state index contributed by atoms with van der Waals surface area (Å²) in [5, 5.41) is 0. The van der Waals surface area contributed by atoms with Gasteiger partial charge in [0.05, 0.1) is 0 Å². The topological polar surface area (TPSA) is 18.5 Å². The highest BCUT2D eigenvalue weighted by atomic mass is 16.5. The zero-order valence-corrected chi connectivity index (χ0v) is 16.4. The second-order valence-corrected chi connectivity index (χ2v) is 8.03. The van der Waals surface area contributed by atoms with Gasteiger partial charge in [-0.1, -0.05) is 38.1 Å². The van der Waals surface area contributed by atoms with Crippen LogP contribution in [0.1, 0.15) is 74.6 Å². The van der Waals surface area contributed by atoms with Gasteiger partial charge in [0.1, 0.15) is 23.7 Å². The fraction of sp³-hybridized carbons (Fsp3) is 0.500. The molecule has 0 spiro atoms. The highest BCUT2D eigenvalue weighted by molar-refractivity contribution is 5.45. The Balaban J connectivity index is 1.65. The van der Waals surface area contributed by atoms with E-state index in [1.54, 1.807) is 0 Å². The molecule has 0 bridgehead atoms. The molecule has 0 saturated carbocycles. The van der Waals surface area contributed by atoms with Gasteiger partial charge in [0.2, 0.25) is 0 Å². The third-order valence-electron chi connectivity index (χ3n) is 6.06. The van der Waals surface area contributed by atoms with Crippen molar-refractivity contribution in [1.82, 2.24) is 0 Å². The largest absolute Gasteiger partial charge is 0.490 e. The summed E-state index contributed by atoms with van der Waals surface area (Å²) in [7, 11) is 0. The monoisotopic (exact) mass is 350 g/mol. The zero-order valence-electron chi connectivity index (χ0n) is 16.4. The first-order chi connectivity index (χ1) is 12.6. The summed E-state index contributed by atoms with van der Waals surface area (Å²) in [6, 6.07) is 13.7. The van der Waals surface area contributed by atoms with Crippen molar-refractivity contribution in [2.45, 2.75) is 77.4 Å². The maximum Gasteiger partial charge on any atom is 0.123 e. The summed E-state index contributed by atoms with van der Waals surface area (Å²) in [6.07, 6.45) is 4.98. The maximum atomic E-state index is 5.89. The van der Waals surface area contributed by atoms with Gasteiger partial charge in [0.25, 0.3) is 0 Å². The van der Waals surface area contributed by atoms with E-state index in [1.165, 1.54) is 22.3 Å². The van der Waals surface area contributed by atoms with Crippen LogP contribution in [0.15, 0.2) is 36.4 Å². The third-order valence-corrected chi connectivity index (χ3v) is 6.06. The van der Waals surface area contributed by atoms with Gasteiger partial charge < -0.3 is 9.47 Å². The van der Waals surface area contributed by atoms with E-state index in [4.69, 9.17) is 9.47 Å². The third kappa shape index (κ3) is 3.11. The van der Waals surface area contributed by atoms with Crippen molar-refractivity contribution in [3.8, 4) is 11.5 Å². The molecule has 2 aromatic rings. The standard InChI is InChI=1S/C24H30O2/c1-5-21(17-7-9-23-19(13-17)11-15(3)25-23)22(6-2)18-8-10-24-20(14-18)12-16(4)26-24/h7-10,13-16,21-22H,5-6,11-12H2,1-4H3/t15-,16-,21-,22-/m0/s1. The lowest BCUT2D eigenvalue weighted by Gasteiger charge is -2.27. The quantitative estimate of drug-likeness (QED) is 0.656. The summed E-state index contributed by atoms with van der Waals surface area (Å²) in [6.45, 7) is 8.94. The number of fused-ring (bicyclic) bond motifs is 2. The average molecular weight is 351 g/mol. The zero-order chi connectivity index (χ0) is 18.3. The van der Waals surface area contributed by atoms with Gasteiger partial charge in [-0.05, 0) is 72.9 Å². The molecule has 138 valence electrons. The number of benzene rings is 2. The van der Waals surface area contributed by atoms with E-state index in [1.807, 2.05) is 0 Å². The Hall–Kier alpha value is -1.96. The molecule has 2 aliphatic rings. The predicted octanol–water partition coefficient (Wildman–Crippen LogP) is 6.02. The smallest absolute Gasteiger partial charge is 0.123 e. The van der Waals surface area contributed by atoms with Gasteiger partial charge in [0, 0.05) is 12.8 Å². The first-order valence-corrected chi connectivity index (χ1v) is 10.2. The van der Waals surface area contributed by atoms with Crippen LogP contribution >= 0.6 is 0 Å². The van der Waals surface area contributed by atoms with Crippen molar-refractivity contribution in [3.05, 3.63) is 58.7 Å². The minimum Gasteiger partial charge on any atom is -0.490 e. The normalized spacial score (nSPS) is 22.9. The van der Waals surface area contributed by atoms with Crippen molar-refractivity contribution < 1.29 is 9.47 Å². The minimum atomic E-state index is 0.306. The molecule has 0 radical (unpaired) electrons. The van der Waals surface area contributed by atoms with Crippen molar-refractivity contribution >= 4 is 0 Å². The molecule has 0 fully saturated rings. The Labute approximate surface area is 157 Å². The van der Waals surface area contributed by atoms with E-state index >= 15 is 0 Å². The lowest BCUT2D eigenvalue weighted by atomic mass is 9.77. The lowest BCUT2D eigenvalue weighted by Crippen LogP contribution is -2.11. The van der Waals surface area contributed by atoms with Crippen LogP contribution in [0.2, 0.25) is 0 Å². The van der Waals surface area contributed by atoms with Crippen LogP contribution in [0.4, 0.5) is 0 Å². The second-order valence-electron chi connectivity index (χ2n) is 8.03. The van der Waals surface area contributed by atoms with Crippen LogP contribution in [-0.2, 0) is 12.8 Å². The van der Waals surface area contributed by atoms with E-state index in [-0.39, 0.29) is 0 Å². The summed E-state index contributed by atoms with van der Waals surface area (Å²) in [4.78, 5) is 0. The molecule has 4 rings (SSSR count). The molecule has 2 nitrogen and oxygen atoms in total. The van der Waals surface area contributed by atoms with Crippen LogP contribution in [0.3, 0.4) is 0 Å². The summed E-state index contributed by atoms with van der Waals surface area (Å²) in [5.41, 5.74) is 5.67. The first kappa shape index (κ1) is 17.5. The maximum absolute atomic E-state index is 5.89. The molecule has 4 atom stereocenters. The fourth-order valence-electron chi connectivity index (χ4n) is 4.85. The Bertz CT molecular complexity index is 727. The van der Waals surface area contributed by atoms with Crippen molar-refractivity contribution in [2.75, 3.05) is 0 Å². The highest BCUT2D eigenvalue weighted by Crippen LogP contribution is 2.42. The molecule has 0 unspecified atom stereocenters. The van der Waals surface area contributed by atoms with Crippen molar-refractivity contribution in [3.63, 3.8) is 0 Å². The van der Waals surface area contributed by atoms with E-state index in [2.05, 4.69) is 64.1 Å². The van der Waals surface area contributed by atoms with Crippen molar-refractivity contribution in [2.24, 2.45) is 0 Å². The van der Waals surface area contributed by atoms with E-state index in [0.717, 1.165) is 37.2 Å². The summed E-state index contributed by atoms with van der Waals surface area (Å²) < 4.78 is 11.8. The molecule has 26 heavy (non-hydrogen) atoms. The minimum absolute atomic E-state index is 0.306. The molecule has 2 aromatic carbocycles. The highest BCUT2D eigenvalue weighted by Gasteiger charge is 2.27. The van der Waals surface area contributed by atoms with Gasteiger partial charge in [-0.3, -0.25) is 0 Å². The SMILES string of the molecule is CC[C@@H](c1ccc2c(c1)C[C@H](C)O2)[C@@H](CC)c1ccc2c(c1)C[C@H](C)O2. The molecule has 2 heteroatoms. The predicted molar refractivity (Wildman–Crippen MR) is 107 cm³/mol. The van der Waals surface area contributed by atoms with Crippen LogP contribution < -0.4 is 9.47 Å². The van der Waals surface area contributed by atoms with Crippen LogP contribution in [0.5, 0.6) is 11.5 Å². The average Bonchev–Trinajstić information content (AvgIpc) is 3.18.